The van der Waals surface area contributed by atoms with Gasteiger partial charge in [-0.15, -0.1) is 5.10 Å². The van der Waals surface area contributed by atoms with Crippen LogP contribution < -0.4 is 5.32 Å². The smallest absolute Gasteiger partial charge is 0.103 e. The number of rotatable bonds is 5. The molecule has 0 fully saturated rings. The summed E-state index contributed by atoms with van der Waals surface area (Å²) in [7, 11) is 1.97. The van der Waals surface area contributed by atoms with E-state index in [-0.39, 0.29) is 6.04 Å². The number of benzene rings is 1. The highest BCUT2D eigenvalue weighted by Gasteiger charge is 2.19. The standard InChI is InChI=1S/C15H22N4/c1-5-12(16-4)15-13(6-2)19(18-17-15)14-10-8-7-9-11(14)3/h7-10,12,16H,5-6H2,1-4H3. The summed E-state index contributed by atoms with van der Waals surface area (Å²) in [6.07, 6.45) is 1.94. The molecule has 102 valence electrons. The van der Waals surface area contributed by atoms with Gasteiger partial charge in [0.25, 0.3) is 0 Å². The van der Waals surface area contributed by atoms with Gasteiger partial charge in [0.05, 0.1) is 17.4 Å². The van der Waals surface area contributed by atoms with Gasteiger partial charge in [0, 0.05) is 0 Å². The minimum Gasteiger partial charge on any atom is -0.312 e. The first-order chi connectivity index (χ1) is 9.22. The third-order valence-electron chi connectivity index (χ3n) is 3.56. The normalized spacial score (nSPS) is 12.6. The lowest BCUT2D eigenvalue weighted by Gasteiger charge is -2.13. The van der Waals surface area contributed by atoms with E-state index >= 15 is 0 Å². The predicted octanol–water partition coefficient (Wildman–Crippen LogP) is 2.81. The highest BCUT2D eigenvalue weighted by Crippen LogP contribution is 2.22. The molecule has 4 heteroatoms. The Morgan fingerprint density at radius 1 is 1.26 bits per heavy atom. The molecular weight excluding hydrogens is 236 g/mol. The van der Waals surface area contributed by atoms with Crippen LogP contribution in [0.4, 0.5) is 0 Å². The number of para-hydroxylation sites is 1. The van der Waals surface area contributed by atoms with Gasteiger partial charge in [0.15, 0.2) is 0 Å². The van der Waals surface area contributed by atoms with Crippen LogP contribution in [0.15, 0.2) is 24.3 Å². The average molecular weight is 258 g/mol. The van der Waals surface area contributed by atoms with Crippen molar-refractivity contribution in [2.24, 2.45) is 0 Å². The lowest BCUT2D eigenvalue weighted by atomic mass is 10.1. The first-order valence-corrected chi connectivity index (χ1v) is 6.90. The second kappa shape index (κ2) is 5.97. The molecule has 1 heterocycles. The van der Waals surface area contributed by atoms with Crippen molar-refractivity contribution in [3.05, 3.63) is 41.2 Å². The van der Waals surface area contributed by atoms with E-state index in [0.717, 1.165) is 24.2 Å². The Morgan fingerprint density at radius 3 is 2.58 bits per heavy atom. The monoisotopic (exact) mass is 258 g/mol. The van der Waals surface area contributed by atoms with E-state index in [1.54, 1.807) is 0 Å². The third kappa shape index (κ3) is 2.54. The van der Waals surface area contributed by atoms with Gasteiger partial charge < -0.3 is 5.32 Å². The fourth-order valence-electron chi connectivity index (χ4n) is 2.44. The Bertz CT molecular complexity index is 541. The molecule has 1 aromatic heterocycles. The topological polar surface area (TPSA) is 42.7 Å². The number of hydrogen-bond donors (Lipinski definition) is 1. The zero-order valence-corrected chi connectivity index (χ0v) is 12.1. The Labute approximate surface area is 114 Å². The van der Waals surface area contributed by atoms with Gasteiger partial charge in [-0.2, -0.15) is 0 Å². The lowest BCUT2D eigenvalue weighted by molar-refractivity contribution is 0.555. The molecule has 0 aliphatic rings. The minimum absolute atomic E-state index is 0.271. The largest absolute Gasteiger partial charge is 0.312 e. The maximum absolute atomic E-state index is 4.40. The number of aryl methyl sites for hydroxylation is 1. The van der Waals surface area contributed by atoms with Crippen molar-refractivity contribution >= 4 is 0 Å². The van der Waals surface area contributed by atoms with Crippen LogP contribution in [0.3, 0.4) is 0 Å². The Hall–Kier alpha value is -1.68. The fourth-order valence-corrected chi connectivity index (χ4v) is 2.44. The number of aromatic nitrogens is 3. The van der Waals surface area contributed by atoms with Crippen molar-refractivity contribution in [2.75, 3.05) is 7.05 Å². The van der Waals surface area contributed by atoms with E-state index in [4.69, 9.17) is 0 Å². The van der Waals surface area contributed by atoms with Gasteiger partial charge in [0.2, 0.25) is 0 Å². The molecule has 2 rings (SSSR count). The van der Waals surface area contributed by atoms with E-state index in [2.05, 4.69) is 48.5 Å². The zero-order chi connectivity index (χ0) is 13.8. The fraction of sp³-hybridized carbons (Fsp3) is 0.467. The van der Waals surface area contributed by atoms with Crippen LogP contribution in [0, 0.1) is 6.92 Å². The summed E-state index contributed by atoms with van der Waals surface area (Å²) in [5, 5.41) is 12.1. The van der Waals surface area contributed by atoms with Crippen molar-refractivity contribution in [1.29, 1.82) is 0 Å². The molecule has 0 saturated heterocycles. The summed E-state index contributed by atoms with van der Waals surface area (Å²) in [6, 6.07) is 8.55. The summed E-state index contributed by atoms with van der Waals surface area (Å²) in [5.41, 5.74) is 4.58. The molecule has 0 bridgehead atoms. The van der Waals surface area contributed by atoms with Crippen LogP contribution >= 0.6 is 0 Å². The highest BCUT2D eigenvalue weighted by molar-refractivity contribution is 5.41. The Balaban J connectivity index is 2.51. The molecule has 4 nitrogen and oxygen atoms in total. The van der Waals surface area contributed by atoms with Gasteiger partial charge in [-0.25, -0.2) is 4.68 Å². The molecule has 1 atom stereocenters. The summed E-state index contributed by atoms with van der Waals surface area (Å²) in [6.45, 7) is 6.41. The van der Waals surface area contributed by atoms with E-state index < -0.39 is 0 Å². The first kappa shape index (κ1) is 13.7. The van der Waals surface area contributed by atoms with Crippen molar-refractivity contribution in [3.63, 3.8) is 0 Å². The van der Waals surface area contributed by atoms with E-state index in [9.17, 15) is 0 Å². The molecule has 0 aliphatic heterocycles. The third-order valence-corrected chi connectivity index (χ3v) is 3.56. The van der Waals surface area contributed by atoms with E-state index in [0.29, 0.717) is 0 Å². The molecule has 0 saturated carbocycles. The maximum atomic E-state index is 4.40. The van der Waals surface area contributed by atoms with E-state index in [1.165, 1.54) is 11.3 Å². The van der Waals surface area contributed by atoms with E-state index in [1.807, 2.05) is 23.9 Å². The summed E-state index contributed by atoms with van der Waals surface area (Å²) in [5.74, 6) is 0. The van der Waals surface area contributed by atoms with Gasteiger partial charge in [-0.3, -0.25) is 0 Å². The first-order valence-electron chi connectivity index (χ1n) is 6.90. The molecule has 1 N–H and O–H groups in total. The maximum Gasteiger partial charge on any atom is 0.103 e. The quantitative estimate of drug-likeness (QED) is 0.896. The molecule has 19 heavy (non-hydrogen) atoms. The van der Waals surface area contributed by atoms with Crippen LogP contribution in [0.1, 0.15) is 43.3 Å². The average Bonchev–Trinajstić information content (AvgIpc) is 2.84. The number of hydrogen-bond acceptors (Lipinski definition) is 3. The number of nitrogens with one attached hydrogen (secondary N) is 1. The van der Waals surface area contributed by atoms with Crippen LogP contribution in [0.25, 0.3) is 5.69 Å². The van der Waals surface area contributed by atoms with Crippen LogP contribution in [0.5, 0.6) is 0 Å². The summed E-state index contributed by atoms with van der Waals surface area (Å²) in [4.78, 5) is 0. The van der Waals surface area contributed by atoms with Crippen LogP contribution in [-0.4, -0.2) is 22.0 Å². The van der Waals surface area contributed by atoms with Crippen molar-refractivity contribution in [1.82, 2.24) is 20.3 Å². The van der Waals surface area contributed by atoms with Gasteiger partial charge >= 0.3 is 0 Å². The molecular formula is C15H22N4. The van der Waals surface area contributed by atoms with Crippen molar-refractivity contribution < 1.29 is 0 Å². The van der Waals surface area contributed by atoms with Crippen LogP contribution in [-0.2, 0) is 6.42 Å². The molecule has 0 radical (unpaired) electrons. The predicted molar refractivity (Wildman–Crippen MR) is 77.6 cm³/mol. The van der Waals surface area contributed by atoms with Crippen molar-refractivity contribution in [3.8, 4) is 5.69 Å². The molecule has 1 aromatic carbocycles. The highest BCUT2D eigenvalue weighted by atomic mass is 15.4. The van der Waals surface area contributed by atoms with Gasteiger partial charge in [-0.05, 0) is 38.4 Å². The SMILES string of the molecule is CCc1c(C(CC)NC)nnn1-c1ccccc1C. The summed E-state index contributed by atoms with van der Waals surface area (Å²) < 4.78 is 1.98. The van der Waals surface area contributed by atoms with Gasteiger partial charge in [-0.1, -0.05) is 37.3 Å². The second-order valence-electron chi connectivity index (χ2n) is 4.72. The Kier molecular flexibility index (Phi) is 4.32. The molecule has 1 unspecified atom stereocenters. The summed E-state index contributed by atoms with van der Waals surface area (Å²) >= 11 is 0. The lowest BCUT2D eigenvalue weighted by Crippen LogP contribution is -2.17. The number of nitrogens with zero attached hydrogens (tertiary/aromatic N) is 3. The molecule has 0 spiro atoms. The van der Waals surface area contributed by atoms with Crippen LogP contribution in [0.2, 0.25) is 0 Å². The molecule has 2 aromatic rings. The minimum atomic E-state index is 0.271. The Morgan fingerprint density at radius 2 is 2.00 bits per heavy atom. The zero-order valence-electron chi connectivity index (χ0n) is 12.1. The molecule has 0 aliphatic carbocycles. The van der Waals surface area contributed by atoms with Crippen molar-refractivity contribution in [2.45, 2.75) is 39.7 Å². The van der Waals surface area contributed by atoms with Gasteiger partial charge in [0.1, 0.15) is 5.69 Å². The molecule has 0 amide bonds. The second-order valence-corrected chi connectivity index (χ2v) is 4.72.